The molecule has 3 nitrogen and oxygen atoms in total. The molecule has 0 amide bonds. The molecule has 0 fully saturated rings. The van der Waals surface area contributed by atoms with E-state index in [-0.39, 0.29) is 5.56 Å². The van der Waals surface area contributed by atoms with Crippen molar-refractivity contribution in [3.8, 4) is 5.75 Å². The van der Waals surface area contributed by atoms with E-state index in [1.807, 2.05) is 0 Å². The van der Waals surface area contributed by atoms with Gasteiger partial charge in [-0.3, -0.25) is 9.59 Å². The Kier molecular flexibility index (Phi) is 3.41. The summed E-state index contributed by atoms with van der Waals surface area (Å²) in [4.78, 5) is 22.3. The van der Waals surface area contributed by atoms with Crippen LogP contribution in [-0.2, 0) is 4.79 Å². The summed E-state index contributed by atoms with van der Waals surface area (Å²) in [5.41, 5.74) is 0.286. The number of hydrogen-bond acceptors (Lipinski definition) is 3. The van der Waals surface area contributed by atoms with E-state index in [9.17, 15) is 9.59 Å². The number of ether oxygens (including phenoxy) is 1. The second kappa shape index (κ2) is 4.37. The minimum atomic E-state index is -0.539. The van der Waals surface area contributed by atoms with Gasteiger partial charge in [0.05, 0.1) is 12.7 Å². The summed E-state index contributed by atoms with van der Waals surface area (Å²) >= 11 is 3.22. The molecule has 0 unspecified atom stereocenters. The lowest BCUT2D eigenvalue weighted by Crippen LogP contribution is -2.11. The first-order chi connectivity index (χ1) is 6.56. The molecule has 1 rings (SSSR count). The summed E-state index contributed by atoms with van der Waals surface area (Å²) in [6.07, 6.45) is 0. The molecule has 4 heteroatoms. The Morgan fingerprint density at radius 2 is 2.00 bits per heavy atom. The van der Waals surface area contributed by atoms with Gasteiger partial charge in [-0.25, -0.2) is 0 Å². The Morgan fingerprint density at radius 3 is 2.50 bits per heavy atom. The Bertz CT molecular complexity index is 385. The lowest BCUT2D eigenvalue weighted by molar-refractivity contribution is -0.113. The van der Waals surface area contributed by atoms with Crippen molar-refractivity contribution in [2.45, 2.75) is 6.92 Å². The van der Waals surface area contributed by atoms with Crippen LogP contribution in [0.3, 0.4) is 0 Å². The van der Waals surface area contributed by atoms with Gasteiger partial charge in [0.15, 0.2) is 5.78 Å². The predicted molar refractivity (Wildman–Crippen MR) is 55.7 cm³/mol. The standard InChI is InChI=1S/C10H9BrO3/c1-6(12)10(13)8-5-7(11)3-4-9(8)14-2/h3-5H,1-2H3. The summed E-state index contributed by atoms with van der Waals surface area (Å²) in [5, 5.41) is 0. The van der Waals surface area contributed by atoms with Crippen molar-refractivity contribution in [1.82, 2.24) is 0 Å². The number of methoxy groups -OCH3 is 1. The number of halogens is 1. The number of carbonyl (C=O) groups is 2. The predicted octanol–water partition coefficient (Wildman–Crippen LogP) is 2.23. The van der Waals surface area contributed by atoms with Crippen LogP contribution in [0.4, 0.5) is 0 Å². The van der Waals surface area contributed by atoms with Gasteiger partial charge in [0.25, 0.3) is 0 Å². The fourth-order valence-electron chi connectivity index (χ4n) is 1.05. The fourth-order valence-corrected chi connectivity index (χ4v) is 1.41. The van der Waals surface area contributed by atoms with Gasteiger partial charge in [-0.15, -0.1) is 0 Å². The summed E-state index contributed by atoms with van der Waals surface area (Å²) < 4.78 is 5.72. The van der Waals surface area contributed by atoms with Crippen LogP contribution in [0.5, 0.6) is 5.75 Å². The Labute approximate surface area is 90.2 Å². The molecule has 14 heavy (non-hydrogen) atoms. The van der Waals surface area contributed by atoms with Crippen molar-refractivity contribution in [3.05, 3.63) is 28.2 Å². The van der Waals surface area contributed by atoms with Gasteiger partial charge in [0.2, 0.25) is 5.78 Å². The maximum absolute atomic E-state index is 11.4. The first-order valence-corrected chi connectivity index (χ1v) is 4.74. The number of hydrogen-bond donors (Lipinski definition) is 0. The number of benzene rings is 1. The second-order valence-corrected chi connectivity index (χ2v) is 3.65. The molecule has 0 aromatic heterocycles. The van der Waals surface area contributed by atoms with Gasteiger partial charge < -0.3 is 4.74 Å². The zero-order chi connectivity index (χ0) is 10.7. The fraction of sp³-hybridized carbons (Fsp3) is 0.200. The van der Waals surface area contributed by atoms with Crippen molar-refractivity contribution in [2.24, 2.45) is 0 Å². The van der Waals surface area contributed by atoms with Gasteiger partial charge in [-0.05, 0) is 18.2 Å². The molecule has 0 radical (unpaired) electrons. The number of Topliss-reactive ketones (excluding diaryl/α,β-unsaturated/α-hetero) is 2. The van der Waals surface area contributed by atoms with Gasteiger partial charge in [0.1, 0.15) is 5.75 Å². The van der Waals surface area contributed by atoms with Crippen LogP contribution in [0.1, 0.15) is 17.3 Å². The zero-order valence-electron chi connectivity index (χ0n) is 7.83. The highest BCUT2D eigenvalue weighted by Gasteiger charge is 2.16. The van der Waals surface area contributed by atoms with E-state index in [1.165, 1.54) is 14.0 Å². The third-order valence-corrected chi connectivity index (χ3v) is 2.22. The highest BCUT2D eigenvalue weighted by atomic mass is 79.9. The van der Waals surface area contributed by atoms with Crippen molar-refractivity contribution in [3.63, 3.8) is 0 Å². The van der Waals surface area contributed by atoms with Crippen LogP contribution in [0.25, 0.3) is 0 Å². The molecule has 0 spiro atoms. The summed E-state index contributed by atoms with van der Waals surface area (Å²) in [7, 11) is 1.46. The average molecular weight is 257 g/mol. The lowest BCUT2D eigenvalue weighted by Gasteiger charge is -2.05. The zero-order valence-corrected chi connectivity index (χ0v) is 9.42. The highest BCUT2D eigenvalue weighted by Crippen LogP contribution is 2.23. The van der Waals surface area contributed by atoms with Crippen LogP contribution >= 0.6 is 15.9 Å². The first kappa shape index (κ1) is 10.9. The normalized spacial score (nSPS) is 9.64. The van der Waals surface area contributed by atoms with Gasteiger partial charge in [0, 0.05) is 11.4 Å². The van der Waals surface area contributed by atoms with Crippen molar-refractivity contribution in [2.75, 3.05) is 7.11 Å². The molecule has 0 saturated heterocycles. The van der Waals surface area contributed by atoms with Gasteiger partial charge >= 0.3 is 0 Å². The summed E-state index contributed by atoms with van der Waals surface area (Å²) in [6.45, 7) is 1.24. The molecule has 0 N–H and O–H groups in total. The van der Waals surface area contributed by atoms with Crippen LogP contribution in [0.2, 0.25) is 0 Å². The summed E-state index contributed by atoms with van der Waals surface area (Å²) in [6, 6.07) is 4.96. The molecule has 0 atom stereocenters. The average Bonchev–Trinajstić information content (AvgIpc) is 2.16. The molecule has 0 heterocycles. The molecule has 74 valence electrons. The van der Waals surface area contributed by atoms with Crippen LogP contribution < -0.4 is 4.74 Å². The van der Waals surface area contributed by atoms with E-state index >= 15 is 0 Å². The Morgan fingerprint density at radius 1 is 1.36 bits per heavy atom. The van der Waals surface area contributed by atoms with Crippen molar-refractivity contribution < 1.29 is 14.3 Å². The Hall–Kier alpha value is -1.16. The molecule has 0 saturated carbocycles. The molecule has 0 aliphatic heterocycles. The molecule has 0 aliphatic carbocycles. The van der Waals surface area contributed by atoms with Crippen LogP contribution in [0, 0.1) is 0 Å². The smallest absolute Gasteiger partial charge is 0.232 e. The van der Waals surface area contributed by atoms with Crippen molar-refractivity contribution in [1.29, 1.82) is 0 Å². The van der Waals surface area contributed by atoms with Crippen molar-refractivity contribution >= 4 is 27.5 Å². The SMILES string of the molecule is COc1ccc(Br)cc1C(=O)C(C)=O. The number of carbonyl (C=O) groups excluding carboxylic acids is 2. The number of rotatable bonds is 3. The summed E-state index contributed by atoms with van der Waals surface area (Å²) in [5.74, 6) is -0.627. The topological polar surface area (TPSA) is 43.4 Å². The molecule has 1 aromatic carbocycles. The van der Waals surface area contributed by atoms with E-state index in [1.54, 1.807) is 18.2 Å². The van der Waals surface area contributed by atoms with E-state index in [2.05, 4.69) is 15.9 Å². The van der Waals surface area contributed by atoms with Gasteiger partial charge in [-0.1, -0.05) is 15.9 Å². The maximum Gasteiger partial charge on any atom is 0.232 e. The first-order valence-electron chi connectivity index (χ1n) is 3.95. The third-order valence-electron chi connectivity index (χ3n) is 1.73. The van der Waals surface area contributed by atoms with E-state index in [0.29, 0.717) is 5.75 Å². The maximum atomic E-state index is 11.4. The number of ketones is 2. The van der Waals surface area contributed by atoms with Crippen LogP contribution in [-0.4, -0.2) is 18.7 Å². The molecule has 0 bridgehead atoms. The van der Waals surface area contributed by atoms with E-state index in [4.69, 9.17) is 4.74 Å². The molecule has 0 aliphatic rings. The second-order valence-electron chi connectivity index (χ2n) is 2.73. The monoisotopic (exact) mass is 256 g/mol. The minimum Gasteiger partial charge on any atom is -0.496 e. The quantitative estimate of drug-likeness (QED) is 0.616. The molecule has 1 aromatic rings. The van der Waals surface area contributed by atoms with Crippen LogP contribution in [0.15, 0.2) is 22.7 Å². The third kappa shape index (κ3) is 2.20. The molecular formula is C10H9BrO3. The van der Waals surface area contributed by atoms with E-state index in [0.717, 1.165) is 4.47 Å². The highest BCUT2D eigenvalue weighted by molar-refractivity contribution is 9.10. The van der Waals surface area contributed by atoms with E-state index < -0.39 is 11.6 Å². The Balaban J connectivity index is 3.23. The van der Waals surface area contributed by atoms with Gasteiger partial charge in [-0.2, -0.15) is 0 Å². The minimum absolute atomic E-state index is 0.286. The lowest BCUT2D eigenvalue weighted by atomic mass is 10.1. The largest absolute Gasteiger partial charge is 0.496 e. The molecular weight excluding hydrogens is 248 g/mol.